The maximum Gasteiger partial charge on any atom is 0.128 e. The minimum absolute atomic E-state index is 0. The van der Waals surface area contributed by atoms with E-state index >= 15 is 0 Å². The molecule has 1 aliphatic rings. The van der Waals surface area contributed by atoms with Crippen LogP contribution in [0.4, 0.5) is 4.39 Å². The van der Waals surface area contributed by atoms with E-state index in [9.17, 15) is 4.39 Å². The zero-order valence-electron chi connectivity index (χ0n) is 12.7. The Balaban J connectivity index is 0.00000200. The van der Waals surface area contributed by atoms with E-state index in [-0.39, 0.29) is 24.3 Å². The van der Waals surface area contributed by atoms with Gasteiger partial charge in [0.05, 0.1) is 0 Å². The van der Waals surface area contributed by atoms with Crippen LogP contribution in [-0.4, -0.2) is 31.1 Å². The van der Waals surface area contributed by atoms with Gasteiger partial charge in [-0.15, -0.1) is 12.4 Å². The van der Waals surface area contributed by atoms with Gasteiger partial charge >= 0.3 is 0 Å². The van der Waals surface area contributed by atoms with Crippen molar-refractivity contribution in [2.75, 3.05) is 26.2 Å². The molecule has 1 aromatic rings. The molecule has 0 unspecified atom stereocenters. The predicted molar refractivity (Wildman–Crippen MR) is 85.0 cm³/mol. The summed E-state index contributed by atoms with van der Waals surface area (Å²) in [4.78, 5) is 2.42. The molecule has 20 heavy (non-hydrogen) atoms. The van der Waals surface area contributed by atoms with Crippen molar-refractivity contribution in [2.24, 2.45) is 5.92 Å². The lowest BCUT2D eigenvalue weighted by Gasteiger charge is -2.36. The highest BCUT2D eigenvalue weighted by atomic mass is 35.5. The van der Waals surface area contributed by atoms with Crippen LogP contribution < -0.4 is 5.32 Å². The SMILES string of the molecule is Cc1ccc([C@H](CC(C)C)N2CCNCC2)c(F)c1.Cl. The van der Waals surface area contributed by atoms with Crippen molar-refractivity contribution < 1.29 is 4.39 Å². The summed E-state index contributed by atoms with van der Waals surface area (Å²) in [7, 11) is 0. The Labute approximate surface area is 128 Å². The van der Waals surface area contributed by atoms with Crippen LogP contribution in [0.2, 0.25) is 0 Å². The molecule has 0 saturated carbocycles. The van der Waals surface area contributed by atoms with Crippen LogP contribution in [0.1, 0.15) is 37.4 Å². The molecule has 1 atom stereocenters. The molecule has 4 heteroatoms. The second-order valence-electron chi connectivity index (χ2n) is 5.96. The first-order valence-electron chi connectivity index (χ1n) is 7.28. The number of rotatable bonds is 4. The van der Waals surface area contributed by atoms with Gasteiger partial charge in [0.15, 0.2) is 0 Å². The maximum absolute atomic E-state index is 14.3. The van der Waals surface area contributed by atoms with E-state index in [0.717, 1.165) is 43.7 Å². The number of benzene rings is 1. The minimum atomic E-state index is -0.0517. The quantitative estimate of drug-likeness (QED) is 0.915. The first-order chi connectivity index (χ1) is 9.08. The Morgan fingerprint density at radius 1 is 1.25 bits per heavy atom. The van der Waals surface area contributed by atoms with E-state index in [1.807, 2.05) is 19.1 Å². The van der Waals surface area contributed by atoms with E-state index < -0.39 is 0 Å². The van der Waals surface area contributed by atoms with E-state index in [1.165, 1.54) is 0 Å². The summed E-state index contributed by atoms with van der Waals surface area (Å²) in [5, 5.41) is 3.36. The number of hydrogen-bond donors (Lipinski definition) is 1. The molecule has 1 saturated heterocycles. The molecule has 0 bridgehead atoms. The molecule has 0 radical (unpaired) electrons. The van der Waals surface area contributed by atoms with E-state index in [1.54, 1.807) is 6.07 Å². The fraction of sp³-hybridized carbons (Fsp3) is 0.625. The highest BCUT2D eigenvalue weighted by Gasteiger charge is 2.25. The highest BCUT2D eigenvalue weighted by Crippen LogP contribution is 2.30. The van der Waals surface area contributed by atoms with Crippen LogP contribution in [0.15, 0.2) is 18.2 Å². The van der Waals surface area contributed by atoms with Gasteiger partial charge in [-0.05, 0) is 30.9 Å². The number of piperazine rings is 1. The Kier molecular flexibility index (Phi) is 6.93. The summed E-state index contributed by atoms with van der Waals surface area (Å²) in [5.41, 5.74) is 1.85. The lowest BCUT2D eigenvalue weighted by atomic mass is 9.94. The van der Waals surface area contributed by atoms with Gasteiger partial charge in [-0.1, -0.05) is 26.0 Å². The molecule has 0 spiro atoms. The van der Waals surface area contributed by atoms with Crippen LogP contribution in [0.5, 0.6) is 0 Å². The van der Waals surface area contributed by atoms with Crippen molar-refractivity contribution >= 4 is 12.4 Å². The molecule has 0 aliphatic carbocycles. The Morgan fingerprint density at radius 2 is 1.90 bits per heavy atom. The minimum Gasteiger partial charge on any atom is -0.314 e. The Morgan fingerprint density at radius 3 is 2.45 bits per heavy atom. The van der Waals surface area contributed by atoms with Gasteiger partial charge in [-0.25, -0.2) is 4.39 Å². The summed E-state index contributed by atoms with van der Waals surface area (Å²) in [5.74, 6) is 0.518. The van der Waals surface area contributed by atoms with E-state index in [0.29, 0.717) is 5.92 Å². The lowest BCUT2D eigenvalue weighted by molar-refractivity contribution is 0.151. The van der Waals surface area contributed by atoms with Gasteiger partial charge in [-0.3, -0.25) is 4.90 Å². The van der Waals surface area contributed by atoms with Gasteiger partial charge in [0.25, 0.3) is 0 Å². The van der Waals surface area contributed by atoms with E-state index in [4.69, 9.17) is 0 Å². The first kappa shape index (κ1) is 17.4. The highest BCUT2D eigenvalue weighted by molar-refractivity contribution is 5.85. The van der Waals surface area contributed by atoms with Gasteiger partial charge in [0, 0.05) is 37.8 Å². The van der Waals surface area contributed by atoms with E-state index in [2.05, 4.69) is 24.1 Å². The maximum atomic E-state index is 14.3. The van der Waals surface area contributed by atoms with Gasteiger partial charge in [0.1, 0.15) is 5.82 Å². The zero-order valence-corrected chi connectivity index (χ0v) is 13.5. The molecule has 1 N–H and O–H groups in total. The van der Waals surface area contributed by atoms with Crippen molar-refractivity contribution in [1.29, 1.82) is 0 Å². The predicted octanol–water partition coefficient (Wildman–Crippen LogP) is 3.55. The summed E-state index contributed by atoms with van der Waals surface area (Å²) < 4.78 is 14.3. The van der Waals surface area contributed by atoms with Crippen LogP contribution in [0, 0.1) is 18.7 Å². The largest absolute Gasteiger partial charge is 0.314 e. The molecule has 1 aliphatic heterocycles. The topological polar surface area (TPSA) is 15.3 Å². The van der Waals surface area contributed by atoms with Crippen LogP contribution in [0.25, 0.3) is 0 Å². The fourth-order valence-electron chi connectivity index (χ4n) is 2.82. The van der Waals surface area contributed by atoms with Crippen molar-refractivity contribution in [1.82, 2.24) is 10.2 Å². The average Bonchev–Trinajstić information content (AvgIpc) is 2.37. The van der Waals surface area contributed by atoms with Crippen LogP contribution in [0.3, 0.4) is 0 Å². The molecule has 2 nitrogen and oxygen atoms in total. The Bertz CT molecular complexity index is 417. The van der Waals surface area contributed by atoms with Gasteiger partial charge < -0.3 is 5.32 Å². The summed E-state index contributed by atoms with van der Waals surface area (Å²) in [6.07, 6.45) is 1.01. The zero-order chi connectivity index (χ0) is 13.8. The number of nitrogens with zero attached hydrogens (tertiary/aromatic N) is 1. The molecule has 1 heterocycles. The molecular weight excluding hydrogens is 275 g/mol. The van der Waals surface area contributed by atoms with Gasteiger partial charge in [0.2, 0.25) is 0 Å². The molecule has 1 aromatic carbocycles. The lowest BCUT2D eigenvalue weighted by Crippen LogP contribution is -2.45. The Hall–Kier alpha value is -0.640. The number of aryl methyl sites for hydroxylation is 1. The van der Waals surface area contributed by atoms with Crippen LogP contribution >= 0.6 is 12.4 Å². The normalized spacial score (nSPS) is 17.9. The van der Waals surface area contributed by atoms with Crippen molar-refractivity contribution in [3.63, 3.8) is 0 Å². The van der Waals surface area contributed by atoms with Crippen molar-refractivity contribution in [2.45, 2.75) is 33.2 Å². The second-order valence-corrected chi connectivity index (χ2v) is 5.96. The third-order valence-electron chi connectivity index (χ3n) is 3.80. The molecular formula is C16H26ClFN2. The molecule has 0 aromatic heterocycles. The van der Waals surface area contributed by atoms with Crippen LogP contribution in [-0.2, 0) is 0 Å². The fourth-order valence-corrected chi connectivity index (χ4v) is 2.82. The summed E-state index contributed by atoms with van der Waals surface area (Å²) in [6.45, 7) is 10.4. The molecule has 1 fully saturated rings. The first-order valence-corrected chi connectivity index (χ1v) is 7.28. The summed E-state index contributed by atoms with van der Waals surface area (Å²) in [6, 6.07) is 5.86. The standard InChI is InChI=1S/C16H25FN2.ClH/c1-12(2)10-16(19-8-6-18-7-9-19)14-5-4-13(3)11-15(14)17;/h4-5,11-12,16,18H,6-10H2,1-3H3;1H/t16-;/m0./s1. The number of nitrogens with one attached hydrogen (secondary N) is 1. The monoisotopic (exact) mass is 300 g/mol. The summed E-state index contributed by atoms with van der Waals surface area (Å²) >= 11 is 0. The van der Waals surface area contributed by atoms with Crippen molar-refractivity contribution in [3.8, 4) is 0 Å². The molecule has 114 valence electrons. The molecule has 0 amide bonds. The molecule has 2 rings (SSSR count). The second kappa shape index (κ2) is 7.96. The average molecular weight is 301 g/mol. The van der Waals surface area contributed by atoms with Crippen molar-refractivity contribution in [3.05, 3.63) is 35.1 Å². The smallest absolute Gasteiger partial charge is 0.128 e. The number of halogens is 2. The third kappa shape index (κ3) is 4.44. The third-order valence-corrected chi connectivity index (χ3v) is 3.80. The number of hydrogen-bond acceptors (Lipinski definition) is 2. The van der Waals surface area contributed by atoms with Gasteiger partial charge in [-0.2, -0.15) is 0 Å².